The molecule has 3 nitrogen and oxygen atoms in total. The first kappa shape index (κ1) is 14.3. The van der Waals surface area contributed by atoms with Crippen LogP contribution in [0, 0.1) is 11.3 Å². The number of hydrogen-bond acceptors (Lipinski definition) is 3. The van der Waals surface area contributed by atoms with Crippen LogP contribution in [0.2, 0.25) is 0 Å². The van der Waals surface area contributed by atoms with Crippen molar-refractivity contribution < 1.29 is 21.6 Å². The molecule has 0 amide bonds. The highest BCUT2D eigenvalue weighted by atomic mass is 79.9. The summed E-state index contributed by atoms with van der Waals surface area (Å²) in [4.78, 5) is -0.574. The maximum atomic E-state index is 12.6. The van der Waals surface area contributed by atoms with Gasteiger partial charge < -0.3 is 0 Å². The maximum absolute atomic E-state index is 12.6. The van der Waals surface area contributed by atoms with Crippen LogP contribution in [-0.2, 0) is 15.2 Å². The average molecular weight is 349 g/mol. The number of nitrogens with zero attached hydrogens (tertiary/aromatic N) is 1. The largest absolute Gasteiger partial charge is 0.418 e. The summed E-state index contributed by atoms with van der Waals surface area (Å²) in [5, 5.41) is 8.59. The third-order valence-electron chi connectivity index (χ3n) is 1.75. The van der Waals surface area contributed by atoms with E-state index in [4.69, 9.17) is 15.9 Å². The van der Waals surface area contributed by atoms with Crippen LogP contribution in [0.4, 0.5) is 13.2 Å². The van der Waals surface area contributed by atoms with Crippen LogP contribution in [0.25, 0.3) is 0 Å². The molecule has 0 saturated heterocycles. The first-order chi connectivity index (χ1) is 7.57. The Hall–Kier alpha value is -0.780. The molecule has 0 atom stereocenters. The maximum Gasteiger partial charge on any atom is 0.418 e. The van der Waals surface area contributed by atoms with Crippen LogP contribution in [-0.4, -0.2) is 8.42 Å². The van der Waals surface area contributed by atoms with Crippen molar-refractivity contribution >= 4 is 35.7 Å². The summed E-state index contributed by atoms with van der Waals surface area (Å²) in [5.74, 6) is 0. The fourth-order valence-corrected chi connectivity index (χ4v) is 2.72. The monoisotopic (exact) mass is 347 g/mol. The van der Waals surface area contributed by atoms with Crippen molar-refractivity contribution in [2.24, 2.45) is 0 Å². The van der Waals surface area contributed by atoms with E-state index in [0.29, 0.717) is 12.1 Å². The van der Waals surface area contributed by atoms with Gasteiger partial charge in [-0.15, -0.1) is 0 Å². The van der Waals surface area contributed by atoms with Crippen molar-refractivity contribution in [3.8, 4) is 6.07 Å². The standard InChI is InChI=1S/C8H2BrClF3NO2S/c9-6-2-5(17(10,15)16)1-4(3-14)7(6)8(11,12)13/h1-2H. The molecule has 1 aromatic carbocycles. The third kappa shape index (κ3) is 3.12. The van der Waals surface area contributed by atoms with Crippen LogP contribution in [0.1, 0.15) is 11.1 Å². The predicted molar refractivity (Wildman–Crippen MR) is 56.9 cm³/mol. The van der Waals surface area contributed by atoms with Gasteiger partial charge in [-0.05, 0) is 12.1 Å². The van der Waals surface area contributed by atoms with Gasteiger partial charge in [-0.25, -0.2) is 8.42 Å². The summed E-state index contributed by atoms with van der Waals surface area (Å²) in [6, 6.07) is 2.56. The summed E-state index contributed by atoms with van der Waals surface area (Å²) in [6.45, 7) is 0. The molecule has 1 aromatic rings. The number of rotatable bonds is 1. The molecule has 0 saturated carbocycles. The summed E-state index contributed by atoms with van der Waals surface area (Å²) in [7, 11) is 0.790. The molecule has 0 heterocycles. The topological polar surface area (TPSA) is 57.9 Å². The minimum atomic E-state index is -4.77. The van der Waals surface area contributed by atoms with Gasteiger partial charge in [0.2, 0.25) is 0 Å². The Bertz CT molecular complexity index is 606. The van der Waals surface area contributed by atoms with E-state index in [2.05, 4.69) is 15.9 Å². The van der Waals surface area contributed by atoms with Crippen molar-refractivity contribution in [3.63, 3.8) is 0 Å². The molecule has 0 bridgehead atoms. The minimum absolute atomic E-state index is 0.553. The van der Waals surface area contributed by atoms with Gasteiger partial charge in [0.1, 0.15) is 0 Å². The van der Waals surface area contributed by atoms with E-state index in [1.807, 2.05) is 0 Å². The fourth-order valence-electron chi connectivity index (χ4n) is 1.10. The highest BCUT2D eigenvalue weighted by Gasteiger charge is 2.37. The van der Waals surface area contributed by atoms with Gasteiger partial charge in [-0.1, -0.05) is 15.9 Å². The molecule has 17 heavy (non-hydrogen) atoms. The number of nitriles is 1. The molecule has 0 spiro atoms. The summed E-state index contributed by atoms with van der Waals surface area (Å²) in [5.41, 5.74) is -2.05. The van der Waals surface area contributed by atoms with Crippen molar-refractivity contribution in [3.05, 3.63) is 27.7 Å². The van der Waals surface area contributed by atoms with Crippen LogP contribution in [0.15, 0.2) is 21.5 Å². The molecule has 0 fully saturated rings. The van der Waals surface area contributed by atoms with E-state index in [-0.39, 0.29) is 0 Å². The van der Waals surface area contributed by atoms with Gasteiger partial charge in [0.05, 0.1) is 22.1 Å². The van der Waals surface area contributed by atoms with Gasteiger partial charge in [-0.2, -0.15) is 18.4 Å². The molecule has 0 N–H and O–H groups in total. The first-order valence-corrected chi connectivity index (χ1v) is 6.93. The van der Waals surface area contributed by atoms with E-state index in [1.165, 1.54) is 6.07 Å². The van der Waals surface area contributed by atoms with Gasteiger partial charge in [0, 0.05) is 15.2 Å². The lowest BCUT2D eigenvalue weighted by Gasteiger charge is -2.11. The number of benzene rings is 1. The Morgan fingerprint density at radius 2 is 1.88 bits per heavy atom. The second-order valence-corrected chi connectivity index (χ2v) is 6.30. The second kappa shape index (κ2) is 4.48. The zero-order valence-electron chi connectivity index (χ0n) is 7.72. The van der Waals surface area contributed by atoms with Crippen LogP contribution < -0.4 is 0 Å². The van der Waals surface area contributed by atoms with Gasteiger partial charge in [0.25, 0.3) is 9.05 Å². The summed E-state index contributed by atoms with van der Waals surface area (Å²) < 4.78 is 59.1. The van der Waals surface area contributed by atoms with Crippen LogP contribution in [0.3, 0.4) is 0 Å². The molecule has 0 radical (unpaired) electrons. The van der Waals surface area contributed by atoms with Gasteiger partial charge in [-0.3, -0.25) is 0 Å². The normalized spacial score (nSPS) is 12.2. The number of halogens is 5. The van der Waals surface area contributed by atoms with Crippen LogP contribution >= 0.6 is 26.6 Å². The minimum Gasteiger partial charge on any atom is -0.207 e. The Morgan fingerprint density at radius 3 is 2.24 bits per heavy atom. The lowest BCUT2D eigenvalue weighted by atomic mass is 10.1. The quantitative estimate of drug-likeness (QED) is 0.732. The zero-order valence-corrected chi connectivity index (χ0v) is 10.9. The first-order valence-electron chi connectivity index (χ1n) is 3.83. The lowest BCUT2D eigenvalue weighted by Crippen LogP contribution is -2.10. The SMILES string of the molecule is N#Cc1cc(S(=O)(=O)Cl)cc(Br)c1C(F)(F)F. The molecule has 0 aromatic heterocycles. The van der Waals surface area contributed by atoms with E-state index < -0.39 is 35.7 Å². The zero-order chi connectivity index (χ0) is 13.4. The molecule has 0 aliphatic rings. The smallest absolute Gasteiger partial charge is 0.207 e. The Morgan fingerprint density at radius 1 is 1.35 bits per heavy atom. The average Bonchev–Trinajstić information content (AvgIpc) is 2.12. The number of alkyl halides is 3. The Labute approximate surface area is 107 Å². The molecule has 0 aliphatic heterocycles. The Balaban J connectivity index is 3.66. The van der Waals surface area contributed by atoms with Crippen molar-refractivity contribution in [2.75, 3.05) is 0 Å². The molecule has 0 aliphatic carbocycles. The predicted octanol–water partition coefficient (Wildman–Crippen LogP) is 3.27. The molecular weight excluding hydrogens is 347 g/mol. The van der Waals surface area contributed by atoms with Gasteiger partial charge in [0.15, 0.2) is 0 Å². The fraction of sp³-hybridized carbons (Fsp3) is 0.125. The van der Waals surface area contributed by atoms with E-state index in [1.54, 1.807) is 0 Å². The summed E-state index contributed by atoms with van der Waals surface area (Å²) in [6.07, 6.45) is -4.77. The molecular formula is C8H2BrClF3NO2S. The lowest BCUT2D eigenvalue weighted by molar-refractivity contribution is -0.138. The van der Waals surface area contributed by atoms with E-state index in [0.717, 1.165) is 0 Å². The van der Waals surface area contributed by atoms with Gasteiger partial charge >= 0.3 is 6.18 Å². The van der Waals surface area contributed by atoms with Crippen molar-refractivity contribution in [2.45, 2.75) is 11.1 Å². The molecule has 1 rings (SSSR count). The third-order valence-corrected chi connectivity index (χ3v) is 3.71. The van der Waals surface area contributed by atoms with E-state index in [9.17, 15) is 21.6 Å². The van der Waals surface area contributed by atoms with Crippen molar-refractivity contribution in [1.82, 2.24) is 0 Å². The highest BCUT2D eigenvalue weighted by Crippen LogP contribution is 2.38. The number of hydrogen-bond donors (Lipinski definition) is 0. The molecule has 0 unspecified atom stereocenters. The Kier molecular flexibility index (Phi) is 3.76. The second-order valence-electron chi connectivity index (χ2n) is 2.88. The molecule has 9 heteroatoms. The van der Waals surface area contributed by atoms with E-state index >= 15 is 0 Å². The van der Waals surface area contributed by atoms with Crippen molar-refractivity contribution in [1.29, 1.82) is 5.26 Å². The molecule has 92 valence electrons. The summed E-state index contributed by atoms with van der Waals surface area (Å²) >= 11 is 2.57. The van der Waals surface area contributed by atoms with Crippen LogP contribution in [0.5, 0.6) is 0 Å². The highest BCUT2D eigenvalue weighted by molar-refractivity contribution is 9.10.